The number of thioether (sulfide) groups is 1. The number of hydrogen-bond acceptors (Lipinski definition) is 4. The lowest BCUT2D eigenvalue weighted by Gasteiger charge is -2.25. The van der Waals surface area contributed by atoms with Crippen molar-refractivity contribution in [3.63, 3.8) is 0 Å². The molecule has 0 aliphatic heterocycles. The standard InChI is InChI=1S/C12H20N2OS/c1-10(11-6-4-5-7-13-11)14-8-12(2,15)9-16-3/h4-7,10,14-15H,8-9H2,1-3H3. The summed E-state index contributed by atoms with van der Waals surface area (Å²) in [7, 11) is 0. The highest BCUT2D eigenvalue weighted by Crippen LogP contribution is 2.13. The molecular formula is C12H20N2OS. The Morgan fingerprint density at radius 2 is 2.31 bits per heavy atom. The van der Waals surface area contributed by atoms with Gasteiger partial charge in [-0.15, -0.1) is 0 Å². The highest BCUT2D eigenvalue weighted by Gasteiger charge is 2.20. The van der Waals surface area contributed by atoms with E-state index in [2.05, 4.69) is 17.2 Å². The van der Waals surface area contributed by atoms with Crippen LogP contribution in [-0.4, -0.2) is 34.2 Å². The first-order chi connectivity index (χ1) is 7.55. The largest absolute Gasteiger partial charge is 0.388 e. The minimum atomic E-state index is -0.664. The first kappa shape index (κ1) is 13.5. The van der Waals surface area contributed by atoms with Crippen LogP contribution in [0, 0.1) is 0 Å². The molecule has 0 saturated heterocycles. The van der Waals surface area contributed by atoms with Crippen LogP contribution in [0.4, 0.5) is 0 Å². The second-order valence-electron chi connectivity index (χ2n) is 4.29. The summed E-state index contributed by atoms with van der Waals surface area (Å²) >= 11 is 1.65. The number of pyridine rings is 1. The number of nitrogens with zero attached hydrogens (tertiary/aromatic N) is 1. The molecule has 1 aromatic heterocycles. The third-order valence-electron chi connectivity index (χ3n) is 2.38. The molecule has 0 radical (unpaired) electrons. The third kappa shape index (κ3) is 4.51. The molecule has 0 amide bonds. The highest BCUT2D eigenvalue weighted by molar-refractivity contribution is 7.98. The zero-order valence-corrected chi connectivity index (χ0v) is 10.9. The van der Waals surface area contributed by atoms with E-state index in [1.165, 1.54) is 0 Å². The molecule has 3 nitrogen and oxygen atoms in total. The highest BCUT2D eigenvalue weighted by atomic mass is 32.2. The molecule has 1 rings (SSSR count). The van der Waals surface area contributed by atoms with Crippen molar-refractivity contribution >= 4 is 11.8 Å². The fourth-order valence-corrected chi connectivity index (χ4v) is 2.20. The van der Waals surface area contributed by atoms with Crippen molar-refractivity contribution in [2.75, 3.05) is 18.6 Å². The Kier molecular flexibility index (Phi) is 5.25. The predicted octanol–water partition coefficient (Wildman–Crippen LogP) is 1.85. The van der Waals surface area contributed by atoms with Gasteiger partial charge in [0.05, 0.1) is 11.3 Å². The summed E-state index contributed by atoms with van der Waals surface area (Å²) < 4.78 is 0. The van der Waals surface area contributed by atoms with Crippen molar-refractivity contribution in [1.82, 2.24) is 10.3 Å². The maximum Gasteiger partial charge on any atom is 0.0833 e. The smallest absolute Gasteiger partial charge is 0.0833 e. The molecule has 2 unspecified atom stereocenters. The van der Waals surface area contributed by atoms with Crippen LogP contribution >= 0.6 is 11.8 Å². The van der Waals surface area contributed by atoms with Gasteiger partial charge in [-0.3, -0.25) is 4.98 Å². The second-order valence-corrected chi connectivity index (χ2v) is 5.15. The van der Waals surface area contributed by atoms with Gasteiger partial charge >= 0.3 is 0 Å². The van der Waals surface area contributed by atoms with Crippen molar-refractivity contribution in [2.24, 2.45) is 0 Å². The Morgan fingerprint density at radius 1 is 1.56 bits per heavy atom. The van der Waals surface area contributed by atoms with Gasteiger partial charge in [0.25, 0.3) is 0 Å². The molecule has 1 heterocycles. The number of aliphatic hydroxyl groups is 1. The number of rotatable bonds is 6. The van der Waals surface area contributed by atoms with Crippen LogP contribution < -0.4 is 5.32 Å². The number of hydrogen-bond donors (Lipinski definition) is 2. The van der Waals surface area contributed by atoms with Gasteiger partial charge in [-0.1, -0.05) is 6.07 Å². The minimum absolute atomic E-state index is 0.162. The Hall–Kier alpha value is -0.580. The van der Waals surface area contributed by atoms with E-state index < -0.39 is 5.60 Å². The summed E-state index contributed by atoms with van der Waals surface area (Å²) in [5.74, 6) is 0.731. The van der Waals surface area contributed by atoms with E-state index in [9.17, 15) is 5.11 Å². The van der Waals surface area contributed by atoms with Crippen LogP contribution in [0.5, 0.6) is 0 Å². The average molecular weight is 240 g/mol. The van der Waals surface area contributed by atoms with Gasteiger partial charge < -0.3 is 10.4 Å². The summed E-state index contributed by atoms with van der Waals surface area (Å²) in [6, 6.07) is 6.02. The molecule has 16 heavy (non-hydrogen) atoms. The molecule has 0 aliphatic rings. The summed E-state index contributed by atoms with van der Waals surface area (Å²) in [6.45, 7) is 4.48. The topological polar surface area (TPSA) is 45.1 Å². The Balaban J connectivity index is 2.44. The molecule has 0 aliphatic carbocycles. The van der Waals surface area contributed by atoms with Crippen molar-refractivity contribution < 1.29 is 5.11 Å². The van der Waals surface area contributed by atoms with Crippen molar-refractivity contribution in [3.8, 4) is 0 Å². The van der Waals surface area contributed by atoms with Crippen molar-refractivity contribution in [2.45, 2.75) is 25.5 Å². The number of aromatic nitrogens is 1. The average Bonchev–Trinajstić information content (AvgIpc) is 2.27. The monoisotopic (exact) mass is 240 g/mol. The summed E-state index contributed by atoms with van der Waals surface area (Å²) in [4.78, 5) is 4.28. The van der Waals surface area contributed by atoms with Gasteiger partial charge in [0.15, 0.2) is 0 Å². The van der Waals surface area contributed by atoms with Crippen LogP contribution in [0.2, 0.25) is 0 Å². The molecule has 4 heteroatoms. The van der Waals surface area contributed by atoms with E-state index in [4.69, 9.17) is 0 Å². The lowest BCUT2D eigenvalue weighted by atomic mass is 10.1. The van der Waals surface area contributed by atoms with Gasteiger partial charge in [0.2, 0.25) is 0 Å². The third-order valence-corrected chi connectivity index (χ3v) is 3.29. The van der Waals surface area contributed by atoms with Crippen LogP contribution in [0.3, 0.4) is 0 Å². The van der Waals surface area contributed by atoms with E-state index >= 15 is 0 Å². The Bertz CT molecular complexity index is 303. The first-order valence-electron chi connectivity index (χ1n) is 5.41. The predicted molar refractivity (Wildman–Crippen MR) is 69.7 cm³/mol. The lowest BCUT2D eigenvalue weighted by molar-refractivity contribution is 0.0819. The Morgan fingerprint density at radius 3 is 2.88 bits per heavy atom. The fraction of sp³-hybridized carbons (Fsp3) is 0.583. The van der Waals surface area contributed by atoms with Crippen LogP contribution in [0.1, 0.15) is 25.6 Å². The van der Waals surface area contributed by atoms with Gasteiger partial charge in [0, 0.05) is 24.5 Å². The number of nitrogens with one attached hydrogen (secondary N) is 1. The normalized spacial score (nSPS) is 16.8. The van der Waals surface area contributed by atoms with E-state index in [0.717, 1.165) is 11.4 Å². The minimum Gasteiger partial charge on any atom is -0.388 e. The molecule has 90 valence electrons. The van der Waals surface area contributed by atoms with E-state index in [0.29, 0.717) is 6.54 Å². The van der Waals surface area contributed by atoms with Crippen molar-refractivity contribution in [1.29, 1.82) is 0 Å². The first-order valence-corrected chi connectivity index (χ1v) is 6.80. The zero-order valence-electron chi connectivity index (χ0n) is 10.1. The summed E-state index contributed by atoms with van der Waals surface area (Å²) in [6.07, 6.45) is 3.78. The zero-order chi connectivity index (χ0) is 12.0. The molecule has 0 saturated carbocycles. The molecule has 1 aromatic rings. The van der Waals surface area contributed by atoms with Crippen molar-refractivity contribution in [3.05, 3.63) is 30.1 Å². The SMILES string of the molecule is CSCC(C)(O)CNC(C)c1ccccn1. The second kappa shape index (κ2) is 6.23. The van der Waals surface area contributed by atoms with E-state index in [1.807, 2.05) is 31.4 Å². The quantitative estimate of drug-likeness (QED) is 0.796. The van der Waals surface area contributed by atoms with Gasteiger partial charge in [0.1, 0.15) is 0 Å². The van der Waals surface area contributed by atoms with Gasteiger partial charge in [-0.2, -0.15) is 11.8 Å². The van der Waals surface area contributed by atoms with E-state index in [-0.39, 0.29) is 6.04 Å². The molecule has 0 bridgehead atoms. The molecular weight excluding hydrogens is 220 g/mol. The summed E-state index contributed by atoms with van der Waals surface area (Å²) in [5, 5.41) is 13.3. The molecule has 0 fully saturated rings. The van der Waals surface area contributed by atoms with Gasteiger partial charge in [-0.25, -0.2) is 0 Å². The van der Waals surface area contributed by atoms with Crippen LogP contribution in [0.15, 0.2) is 24.4 Å². The van der Waals surface area contributed by atoms with Crippen LogP contribution in [0.25, 0.3) is 0 Å². The molecule has 0 aromatic carbocycles. The maximum atomic E-state index is 10.0. The lowest BCUT2D eigenvalue weighted by Crippen LogP contribution is -2.41. The molecule has 0 spiro atoms. The molecule has 2 atom stereocenters. The van der Waals surface area contributed by atoms with Gasteiger partial charge in [-0.05, 0) is 32.2 Å². The Labute approximate surface area is 102 Å². The fourth-order valence-electron chi connectivity index (χ4n) is 1.47. The van der Waals surface area contributed by atoms with E-state index in [1.54, 1.807) is 18.0 Å². The maximum absolute atomic E-state index is 10.0. The van der Waals surface area contributed by atoms with Crippen LogP contribution in [-0.2, 0) is 0 Å². The molecule has 2 N–H and O–H groups in total. The summed E-state index contributed by atoms with van der Waals surface area (Å²) in [5.41, 5.74) is 0.338.